The number of rotatable bonds is 6. The first-order valence-corrected chi connectivity index (χ1v) is 10.8. The quantitative estimate of drug-likeness (QED) is 0.492. The van der Waals surface area contributed by atoms with E-state index in [-0.39, 0.29) is 13.0 Å². The monoisotopic (exact) mass is 467 g/mol. The van der Waals surface area contributed by atoms with E-state index in [4.69, 9.17) is 28.5 Å². The van der Waals surface area contributed by atoms with Gasteiger partial charge in [0.25, 0.3) is 5.91 Å². The number of carbonyl (C=O) groups excluding carboxylic acids is 2. The van der Waals surface area contributed by atoms with Crippen LogP contribution in [-0.4, -0.2) is 80.1 Å². The second-order valence-corrected chi connectivity index (χ2v) is 9.16. The van der Waals surface area contributed by atoms with Crippen molar-refractivity contribution in [3.63, 3.8) is 0 Å². The van der Waals surface area contributed by atoms with Crippen molar-refractivity contribution in [3.8, 4) is 0 Å². The summed E-state index contributed by atoms with van der Waals surface area (Å²) in [6, 6.07) is 9.27. The number of nitrogens with zero attached hydrogens (tertiary/aromatic N) is 1. The molecular formula is C23H33NO9. The maximum Gasteiger partial charge on any atom is 0.311 e. The van der Waals surface area contributed by atoms with Gasteiger partial charge in [0, 0.05) is 19.7 Å². The lowest BCUT2D eigenvalue weighted by Crippen LogP contribution is -2.69. The molecule has 0 radical (unpaired) electrons. The molecule has 0 aliphatic carbocycles. The van der Waals surface area contributed by atoms with Gasteiger partial charge in [0.2, 0.25) is 5.79 Å². The molecule has 2 saturated heterocycles. The number of aliphatic hydroxyl groups is 1. The van der Waals surface area contributed by atoms with Gasteiger partial charge in [0.05, 0.1) is 25.6 Å². The van der Waals surface area contributed by atoms with Crippen LogP contribution >= 0.6 is 0 Å². The maximum atomic E-state index is 12.8. The predicted molar refractivity (Wildman–Crippen MR) is 114 cm³/mol. The minimum absolute atomic E-state index is 0.0694. The lowest BCUT2D eigenvalue weighted by molar-refractivity contribution is -0.398. The highest BCUT2D eigenvalue weighted by molar-refractivity contribution is 5.76. The van der Waals surface area contributed by atoms with Crippen LogP contribution in [0.2, 0.25) is 0 Å². The van der Waals surface area contributed by atoms with E-state index < -0.39 is 53.8 Å². The number of amides is 1. The summed E-state index contributed by atoms with van der Waals surface area (Å²) < 4.78 is 29.3. The van der Waals surface area contributed by atoms with Crippen molar-refractivity contribution in [2.24, 2.45) is 5.41 Å². The van der Waals surface area contributed by atoms with Crippen LogP contribution in [0.3, 0.4) is 0 Å². The Morgan fingerprint density at radius 1 is 1.21 bits per heavy atom. The molecule has 1 amide bonds. The number of esters is 1. The van der Waals surface area contributed by atoms with Gasteiger partial charge in [-0.25, -0.2) is 5.06 Å². The molecule has 1 N–H and O–H groups in total. The van der Waals surface area contributed by atoms with Crippen LogP contribution in [0, 0.1) is 5.41 Å². The summed E-state index contributed by atoms with van der Waals surface area (Å²) in [5.74, 6) is -2.85. The summed E-state index contributed by atoms with van der Waals surface area (Å²) in [4.78, 5) is 30.3. The fourth-order valence-electron chi connectivity index (χ4n) is 3.72. The third-order valence-corrected chi connectivity index (χ3v) is 5.79. The van der Waals surface area contributed by atoms with Crippen molar-refractivity contribution in [1.82, 2.24) is 5.06 Å². The molecule has 10 heteroatoms. The van der Waals surface area contributed by atoms with Gasteiger partial charge in [0.1, 0.15) is 18.3 Å². The third-order valence-electron chi connectivity index (χ3n) is 5.79. The molecule has 6 atom stereocenters. The number of ether oxygens (including phenoxy) is 5. The van der Waals surface area contributed by atoms with Gasteiger partial charge in [-0.15, -0.1) is 0 Å². The molecule has 33 heavy (non-hydrogen) atoms. The van der Waals surface area contributed by atoms with Crippen molar-refractivity contribution >= 4 is 11.9 Å². The Hall–Kier alpha value is -2.08. The molecular weight excluding hydrogens is 434 g/mol. The largest absolute Gasteiger partial charge is 0.456 e. The van der Waals surface area contributed by atoms with Crippen LogP contribution in [-0.2, 0) is 38.1 Å². The number of hydrogen-bond donors (Lipinski definition) is 1. The van der Waals surface area contributed by atoms with E-state index in [1.807, 2.05) is 30.3 Å². The first-order chi connectivity index (χ1) is 15.5. The van der Waals surface area contributed by atoms with Gasteiger partial charge in [-0.1, -0.05) is 30.3 Å². The molecule has 2 aliphatic rings. The first-order valence-electron chi connectivity index (χ1n) is 10.8. The zero-order valence-corrected chi connectivity index (χ0v) is 19.8. The summed E-state index contributed by atoms with van der Waals surface area (Å²) in [5, 5.41) is 12.3. The van der Waals surface area contributed by atoms with E-state index in [0.29, 0.717) is 0 Å². The van der Waals surface area contributed by atoms with Crippen molar-refractivity contribution in [1.29, 1.82) is 0 Å². The molecule has 1 aromatic carbocycles. The zero-order chi connectivity index (χ0) is 24.4. The van der Waals surface area contributed by atoms with Crippen molar-refractivity contribution in [2.45, 2.75) is 63.7 Å². The summed E-state index contributed by atoms with van der Waals surface area (Å²) in [5.41, 5.74) is -0.0638. The van der Waals surface area contributed by atoms with E-state index in [0.717, 1.165) is 10.6 Å². The van der Waals surface area contributed by atoms with Crippen LogP contribution in [0.25, 0.3) is 0 Å². The Morgan fingerprint density at radius 2 is 1.88 bits per heavy atom. The summed E-state index contributed by atoms with van der Waals surface area (Å²) in [7, 11) is 4.08. The Balaban J connectivity index is 1.93. The van der Waals surface area contributed by atoms with Gasteiger partial charge in [-0.3, -0.25) is 14.4 Å². The minimum atomic E-state index is -1.81. The highest BCUT2D eigenvalue weighted by Gasteiger charge is 2.60. The van der Waals surface area contributed by atoms with Crippen molar-refractivity contribution in [3.05, 3.63) is 35.9 Å². The first kappa shape index (κ1) is 25.5. The van der Waals surface area contributed by atoms with Gasteiger partial charge >= 0.3 is 5.97 Å². The Labute approximate surface area is 193 Å². The SMILES string of the molecule is CON(C)C(=O)C[C@@]1(OC)OC2COC(c3ccccc3)O[C@H]2C(OC(=O)C(C)(C)C)C1O. The number of methoxy groups -OCH3 is 1. The summed E-state index contributed by atoms with van der Waals surface area (Å²) in [6.07, 6.45) is -5.46. The van der Waals surface area contributed by atoms with Gasteiger partial charge < -0.3 is 28.8 Å². The smallest absolute Gasteiger partial charge is 0.311 e. The predicted octanol–water partition coefficient (Wildman–Crippen LogP) is 1.57. The normalized spacial score (nSPS) is 32.0. The van der Waals surface area contributed by atoms with E-state index in [2.05, 4.69) is 0 Å². The van der Waals surface area contributed by atoms with Gasteiger partial charge in [0.15, 0.2) is 12.4 Å². The lowest BCUT2D eigenvalue weighted by atomic mass is 9.88. The van der Waals surface area contributed by atoms with Crippen LogP contribution in [0.5, 0.6) is 0 Å². The molecule has 2 heterocycles. The number of hydroxylamine groups is 2. The lowest BCUT2D eigenvalue weighted by Gasteiger charge is -2.52. The Kier molecular flexibility index (Phi) is 7.77. The average Bonchev–Trinajstić information content (AvgIpc) is 2.80. The molecule has 3 rings (SSSR count). The standard InChI is InChI=1S/C23H33NO9/c1-22(2,3)21(27)32-18-17-15(13-30-20(31-17)14-10-8-7-9-11-14)33-23(28-5,19(18)26)12-16(25)24(4)29-6/h7-11,15,17-20,26H,12-13H2,1-6H3/t15?,17-,18?,19?,20?,23-/m1/s1. The number of benzene rings is 1. The van der Waals surface area contributed by atoms with E-state index in [1.54, 1.807) is 20.8 Å². The highest BCUT2D eigenvalue weighted by Crippen LogP contribution is 2.41. The van der Waals surface area contributed by atoms with E-state index in [9.17, 15) is 14.7 Å². The molecule has 0 bridgehead atoms. The average molecular weight is 468 g/mol. The van der Waals surface area contributed by atoms with Crippen LogP contribution in [0.15, 0.2) is 30.3 Å². The number of fused-ring (bicyclic) bond motifs is 1. The van der Waals surface area contributed by atoms with E-state index >= 15 is 0 Å². The number of hydrogen-bond acceptors (Lipinski definition) is 9. The second kappa shape index (κ2) is 10.0. The van der Waals surface area contributed by atoms with Crippen LogP contribution in [0.1, 0.15) is 39.0 Å². The number of carbonyl (C=O) groups is 2. The molecule has 2 fully saturated rings. The zero-order valence-electron chi connectivity index (χ0n) is 19.8. The molecule has 1 aromatic rings. The summed E-state index contributed by atoms with van der Waals surface area (Å²) in [6.45, 7) is 5.18. The molecule has 184 valence electrons. The second-order valence-electron chi connectivity index (χ2n) is 9.16. The van der Waals surface area contributed by atoms with Gasteiger partial charge in [-0.05, 0) is 20.8 Å². The van der Waals surface area contributed by atoms with Crippen LogP contribution < -0.4 is 0 Å². The molecule has 0 aromatic heterocycles. The van der Waals surface area contributed by atoms with Gasteiger partial charge in [-0.2, -0.15) is 0 Å². The van der Waals surface area contributed by atoms with Crippen molar-refractivity contribution < 1.29 is 43.2 Å². The molecule has 0 spiro atoms. The fraction of sp³-hybridized carbons (Fsp3) is 0.652. The third kappa shape index (κ3) is 5.37. The minimum Gasteiger partial charge on any atom is -0.456 e. The molecule has 2 aliphatic heterocycles. The molecule has 4 unspecified atom stereocenters. The van der Waals surface area contributed by atoms with E-state index in [1.165, 1.54) is 21.3 Å². The molecule has 0 saturated carbocycles. The fourth-order valence-corrected chi connectivity index (χ4v) is 3.72. The van der Waals surface area contributed by atoms with Crippen LogP contribution in [0.4, 0.5) is 0 Å². The molecule has 10 nitrogen and oxygen atoms in total. The van der Waals surface area contributed by atoms with Crippen molar-refractivity contribution in [2.75, 3.05) is 27.9 Å². The Morgan fingerprint density at radius 3 is 2.45 bits per heavy atom. The number of aliphatic hydroxyl groups excluding tert-OH is 1. The summed E-state index contributed by atoms with van der Waals surface area (Å²) >= 11 is 0. The highest BCUT2D eigenvalue weighted by atomic mass is 16.8. The Bertz CT molecular complexity index is 827. The maximum absolute atomic E-state index is 12.8. The topological polar surface area (TPSA) is 113 Å².